The lowest BCUT2D eigenvalue weighted by Crippen LogP contribution is -2.50. The van der Waals surface area contributed by atoms with Crippen LogP contribution in [0.1, 0.15) is 27.2 Å². The van der Waals surface area contributed by atoms with Crippen LogP contribution < -0.4 is 5.73 Å². The Morgan fingerprint density at radius 1 is 1.47 bits per heavy atom. The van der Waals surface area contributed by atoms with E-state index in [1.807, 2.05) is 20.8 Å². The first kappa shape index (κ1) is 15.5. The minimum atomic E-state index is -0.627. The van der Waals surface area contributed by atoms with E-state index in [1.165, 1.54) is 4.90 Å². The Hall–Kier alpha value is -1.59. The third-order valence-electron chi connectivity index (χ3n) is 3.63. The molecule has 0 saturated carbocycles. The Bertz CT molecular complexity index is 381. The molecule has 1 rings (SSSR count). The van der Waals surface area contributed by atoms with Gasteiger partial charge in [0.1, 0.15) is 6.04 Å². The second kappa shape index (κ2) is 6.04. The van der Waals surface area contributed by atoms with Crippen molar-refractivity contribution in [3.8, 4) is 0 Å². The van der Waals surface area contributed by atoms with E-state index in [0.717, 1.165) is 0 Å². The number of carbonyl (C=O) groups excluding carboxylic acids is 3. The molecule has 6 nitrogen and oxygen atoms in total. The number of nitrogens with zero attached hydrogens (tertiary/aromatic N) is 2. The molecule has 0 aromatic rings. The molecule has 0 aromatic heterocycles. The molecule has 0 radical (unpaired) electrons. The molecule has 19 heavy (non-hydrogen) atoms. The van der Waals surface area contributed by atoms with Crippen molar-refractivity contribution in [3.63, 3.8) is 0 Å². The summed E-state index contributed by atoms with van der Waals surface area (Å²) in [5, 5.41) is 0. The predicted molar refractivity (Wildman–Crippen MR) is 71.0 cm³/mol. The normalized spacial score (nSPS) is 20.8. The fourth-order valence-electron chi connectivity index (χ4n) is 2.63. The molecule has 0 unspecified atom stereocenters. The SMILES string of the molecule is CCN1C[C@@H](C(=O)N(C)[C@H](C(N)=O)C(C)C)CC1=O. The standard InChI is InChI=1S/C13H23N3O3/c1-5-16-7-9(6-10(16)17)13(19)15(4)11(8(2)3)12(14)18/h8-9,11H,5-7H2,1-4H3,(H2,14,18)/t9-,11-/m0/s1. The van der Waals surface area contributed by atoms with Crippen LogP contribution in [0.2, 0.25) is 0 Å². The number of hydrogen-bond acceptors (Lipinski definition) is 3. The number of rotatable bonds is 5. The highest BCUT2D eigenvalue weighted by Gasteiger charge is 2.38. The average molecular weight is 269 g/mol. The van der Waals surface area contributed by atoms with E-state index in [9.17, 15) is 14.4 Å². The summed E-state index contributed by atoms with van der Waals surface area (Å²) in [4.78, 5) is 38.5. The fraction of sp³-hybridized carbons (Fsp3) is 0.769. The predicted octanol–water partition coefficient (Wildman–Crippen LogP) is -0.177. The molecular formula is C13H23N3O3. The van der Waals surface area contributed by atoms with Gasteiger partial charge in [0.2, 0.25) is 17.7 Å². The van der Waals surface area contributed by atoms with E-state index in [1.54, 1.807) is 11.9 Å². The molecule has 2 atom stereocenters. The minimum Gasteiger partial charge on any atom is -0.368 e. The molecule has 0 aliphatic carbocycles. The molecule has 1 fully saturated rings. The monoisotopic (exact) mass is 269 g/mol. The molecule has 1 aliphatic rings. The smallest absolute Gasteiger partial charge is 0.240 e. The first-order valence-corrected chi connectivity index (χ1v) is 6.63. The van der Waals surface area contributed by atoms with Gasteiger partial charge in [0, 0.05) is 26.6 Å². The maximum atomic E-state index is 12.3. The Morgan fingerprint density at radius 3 is 2.42 bits per heavy atom. The third-order valence-corrected chi connectivity index (χ3v) is 3.63. The molecule has 1 heterocycles. The highest BCUT2D eigenvalue weighted by Crippen LogP contribution is 2.21. The maximum Gasteiger partial charge on any atom is 0.240 e. The van der Waals surface area contributed by atoms with Gasteiger partial charge in [0.05, 0.1) is 5.92 Å². The summed E-state index contributed by atoms with van der Waals surface area (Å²) >= 11 is 0. The number of amides is 3. The number of likely N-dealkylation sites (tertiary alicyclic amines) is 1. The molecule has 3 amide bonds. The van der Waals surface area contributed by atoms with Crippen LogP contribution in [-0.4, -0.2) is 53.7 Å². The van der Waals surface area contributed by atoms with E-state index in [2.05, 4.69) is 0 Å². The summed E-state index contributed by atoms with van der Waals surface area (Å²) < 4.78 is 0. The quantitative estimate of drug-likeness (QED) is 0.751. The van der Waals surface area contributed by atoms with Crippen molar-refractivity contribution in [2.45, 2.75) is 33.2 Å². The van der Waals surface area contributed by atoms with Gasteiger partial charge in [-0.05, 0) is 12.8 Å². The van der Waals surface area contributed by atoms with Crippen molar-refractivity contribution in [1.82, 2.24) is 9.80 Å². The van der Waals surface area contributed by atoms with Gasteiger partial charge in [0.25, 0.3) is 0 Å². The van der Waals surface area contributed by atoms with Gasteiger partial charge in [-0.25, -0.2) is 0 Å². The lowest BCUT2D eigenvalue weighted by molar-refractivity contribution is -0.142. The zero-order valence-corrected chi connectivity index (χ0v) is 12.0. The second-order valence-electron chi connectivity index (χ2n) is 5.37. The molecule has 2 N–H and O–H groups in total. The number of carbonyl (C=O) groups is 3. The summed E-state index contributed by atoms with van der Waals surface area (Å²) in [5.41, 5.74) is 5.35. The molecule has 0 aromatic carbocycles. The molecule has 1 saturated heterocycles. The molecule has 0 bridgehead atoms. The number of likely N-dealkylation sites (N-methyl/N-ethyl adjacent to an activating group) is 1. The average Bonchev–Trinajstić information content (AvgIpc) is 2.68. The lowest BCUT2D eigenvalue weighted by Gasteiger charge is -2.30. The zero-order chi connectivity index (χ0) is 14.7. The molecule has 1 aliphatic heterocycles. The lowest BCUT2D eigenvalue weighted by atomic mass is 9.99. The summed E-state index contributed by atoms with van der Waals surface area (Å²) in [7, 11) is 1.58. The second-order valence-corrected chi connectivity index (χ2v) is 5.37. The van der Waals surface area contributed by atoms with Crippen molar-refractivity contribution in [1.29, 1.82) is 0 Å². The van der Waals surface area contributed by atoms with Crippen LogP contribution in [0, 0.1) is 11.8 Å². The topological polar surface area (TPSA) is 83.7 Å². The molecular weight excluding hydrogens is 246 g/mol. The van der Waals surface area contributed by atoms with Crippen LogP contribution in [0.3, 0.4) is 0 Å². The summed E-state index contributed by atoms with van der Waals surface area (Å²) in [5.74, 6) is -1.11. The van der Waals surface area contributed by atoms with Crippen molar-refractivity contribution < 1.29 is 14.4 Å². The summed E-state index contributed by atoms with van der Waals surface area (Å²) in [6.45, 7) is 6.61. The number of primary amides is 1. The Balaban J connectivity index is 2.77. The first-order chi connectivity index (χ1) is 8.79. The molecule has 108 valence electrons. The van der Waals surface area contributed by atoms with Gasteiger partial charge < -0.3 is 15.5 Å². The highest BCUT2D eigenvalue weighted by molar-refractivity contribution is 5.92. The molecule has 6 heteroatoms. The van der Waals surface area contributed by atoms with Crippen molar-refractivity contribution in [3.05, 3.63) is 0 Å². The van der Waals surface area contributed by atoms with Gasteiger partial charge in [-0.15, -0.1) is 0 Å². The van der Waals surface area contributed by atoms with Crippen LogP contribution in [0.15, 0.2) is 0 Å². The van der Waals surface area contributed by atoms with Crippen molar-refractivity contribution >= 4 is 17.7 Å². The van der Waals surface area contributed by atoms with Crippen LogP contribution >= 0.6 is 0 Å². The third kappa shape index (κ3) is 3.24. The number of hydrogen-bond donors (Lipinski definition) is 1. The Morgan fingerprint density at radius 2 is 2.05 bits per heavy atom. The van der Waals surface area contributed by atoms with Crippen molar-refractivity contribution in [2.24, 2.45) is 17.6 Å². The first-order valence-electron chi connectivity index (χ1n) is 6.63. The van der Waals surface area contributed by atoms with Crippen molar-refractivity contribution in [2.75, 3.05) is 20.1 Å². The van der Waals surface area contributed by atoms with Gasteiger partial charge in [-0.2, -0.15) is 0 Å². The van der Waals surface area contributed by atoms with E-state index < -0.39 is 11.9 Å². The van der Waals surface area contributed by atoms with Crippen LogP contribution in [0.5, 0.6) is 0 Å². The van der Waals surface area contributed by atoms with E-state index in [-0.39, 0.29) is 30.1 Å². The van der Waals surface area contributed by atoms with Gasteiger partial charge >= 0.3 is 0 Å². The number of nitrogens with two attached hydrogens (primary N) is 1. The van der Waals surface area contributed by atoms with E-state index >= 15 is 0 Å². The molecule has 0 spiro atoms. The van der Waals surface area contributed by atoms with E-state index in [0.29, 0.717) is 13.1 Å². The van der Waals surface area contributed by atoms with Gasteiger partial charge in [0.15, 0.2) is 0 Å². The summed E-state index contributed by atoms with van der Waals surface area (Å²) in [6.07, 6.45) is 0.223. The summed E-state index contributed by atoms with van der Waals surface area (Å²) in [6, 6.07) is -0.627. The Kier molecular flexibility index (Phi) is 4.91. The maximum absolute atomic E-state index is 12.3. The largest absolute Gasteiger partial charge is 0.368 e. The van der Waals surface area contributed by atoms with Crippen LogP contribution in [-0.2, 0) is 14.4 Å². The van der Waals surface area contributed by atoms with Crippen LogP contribution in [0.4, 0.5) is 0 Å². The zero-order valence-electron chi connectivity index (χ0n) is 12.0. The van der Waals surface area contributed by atoms with Crippen LogP contribution in [0.25, 0.3) is 0 Å². The Labute approximate surface area is 113 Å². The van der Waals surface area contributed by atoms with Gasteiger partial charge in [-0.3, -0.25) is 14.4 Å². The minimum absolute atomic E-state index is 0.00516. The van der Waals surface area contributed by atoms with E-state index in [4.69, 9.17) is 5.73 Å². The fourth-order valence-corrected chi connectivity index (χ4v) is 2.63. The highest BCUT2D eigenvalue weighted by atomic mass is 16.2. The van der Waals surface area contributed by atoms with Gasteiger partial charge in [-0.1, -0.05) is 13.8 Å².